The summed E-state index contributed by atoms with van der Waals surface area (Å²) < 4.78 is 61.7. The molecule has 0 saturated heterocycles. The van der Waals surface area contributed by atoms with E-state index in [1.165, 1.54) is 6.07 Å². The van der Waals surface area contributed by atoms with Gasteiger partial charge in [0.2, 0.25) is 0 Å². The lowest BCUT2D eigenvalue weighted by atomic mass is 10.1. The van der Waals surface area contributed by atoms with Crippen molar-refractivity contribution in [1.29, 1.82) is 0 Å². The summed E-state index contributed by atoms with van der Waals surface area (Å²) in [5, 5.41) is 5.87. The van der Waals surface area contributed by atoms with Crippen LogP contribution in [0.15, 0.2) is 28.1 Å². The van der Waals surface area contributed by atoms with Gasteiger partial charge in [-0.3, -0.25) is 4.99 Å². The second kappa shape index (κ2) is 7.24. The molecule has 0 amide bonds. The first kappa shape index (κ1) is 20.0. The maximum Gasteiger partial charge on any atom is 0.416 e. The molecule has 2 N–H and O–H groups in total. The van der Waals surface area contributed by atoms with Crippen LogP contribution in [0.1, 0.15) is 18.1 Å². The summed E-state index contributed by atoms with van der Waals surface area (Å²) >= 11 is 0. The Kier molecular flexibility index (Phi) is 6.30. The molecule has 0 spiro atoms. The monoisotopic (exact) mass is 463 g/mol. The second-order valence-corrected chi connectivity index (χ2v) is 7.24. The van der Waals surface area contributed by atoms with Gasteiger partial charge in [0.25, 0.3) is 0 Å². The fourth-order valence-electron chi connectivity index (χ4n) is 1.99. The van der Waals surface area contributed by atoms with Crippen LogP contribution in [0.5, 0.6) is 0 Å². The number of hydrogen-bond donors (Lipinski definition) is 2. The van der Waals surface area contributed by atoms with Crippen molar-refractivity contribution in [2.45, 2.75) is 30.6 Å². The predicted molar refractivity (Wildman–Crippen MR) is 91.7 cm³/mol. The van der Waals surface area contributed by atoms with Gasteiger partial charge in [0.15, 0.2) is 15.8 Å². The van der Waals surface area contributed by atoms with E-state index >= 15 is 0 Å². The average molecular weight is 463 g/mol. The summed E-state index contributed by atoms with van der Waals surface area (Å²) in [7, 11) is -3.73. The van der Waals surface area contributed by atoms with Crippen LogP contribution in [0.3, 0.4) is 0 Å². The van der Waals surface area contributed by atoms with E-state index in [-0.39, 0.29) is 47.0 Å². The molecule has 0 saturated carbocycles. The van der Waals surface area contributed by atoms with Gasteiger partial charge in [0.1, 0.15) is 0 Å². The molecule has 23 heavy (non-hydrogen) atoms. The van der Waals surface area contributed by atoms with E-state index < -0.39 is 21.6 Å². The maximum atomic E-state index is 12.9. The van der Waals surface area contributed by atoms with E-state index in [1.54, 1.807) is 0 Å². The van der Waals surface area contributed by atoms with Gasteiger partial charge in [-0.15, -0.1) is 24.0 Å². The zero-order chi connectivity index (χ0) is 16.5. The zero-order valence-electron chi connectivity index (χ0n) is 12.4. The highest BCUT2D eigenvalue weighted by Crippen LogP contribution is 2.31. The normalized spacial score (nSPS) is 18.0. The minimum Gasteiger partial charge on any atom is -0.352 e. The summed E-state index contributed by atoms with van der Waals surface area (Å²) in [4.78, 5) is 3.78. The largest absolute Gasteiger partial charge is 0.416 e. The summed E-state index contributed by atoms with van der Waals surface area (Å²) in [6.07, 6.45) is -3.73. The van der Waals surface area contributed by atoms with E-state index in [2.05, 4.69) is 15.6 Å². The van der Waals surface area contributed by atoms with Gasteiger partial charge in [-0.2, -0.15) is 13.2 Å². The summed E-state index contributed by atoms with van der Waals surface area (Å²) in [5.41, 5.74) is -0.763. The number of alkyl halides is 3. The highest BCUT2D eigenvalue weighted by Gasteiger charge is 2.32. The Bertz CT molecular complexity index is 705. The van der Waals surface area contributed by atoms with Crippen molar-refractivity contribution in [2.75, 3.05) is 12.8 Å². The topological polar surface area (TPSA) is 70.6 Å². The van der Waals surface area contributed by atoms with Crippen LogP contribution < -0.4 is 10.6 Å². The van der Waals surface area contributed by atoms with Crippen molar-refractivity contribution < 1.29 is 21.6 Å². The highest BCUT2D eigenvalue weighted by molar-refractivity contribution is 14.0. The van der Waals surface area contributed by atoms with Crippen molar-refractivity contribution in [2.24, 2.45) is 4.99 Å². The molecule has 5 nitrogen and oxygen atoms in total. The lowest BCUT2D eigenvalue weighted by Crippen LogP contribution is -2.37. The number of guanidine groups is 1. The van der Waals surface area contributed by atoms with E-state index in [0.717, 1.165) is 12.3 Å². The Morgan fingerprint density at radius 1 is 1.35 bits per heavy atom. The quantitative estimate of drug-likeness (QED) is 0.675. The maximum absolute atomic E-state index is 12.9. The SMILES string of the molecule is CC1CN=C(NCc2cc(C(F)(F)F)cc(S(C)(=O)=O)c2)N1.I. The standard InChI is InChI=1S/C13H16F3N3O2S.HI/c1-8-6-17-12(19-8)18-7-9-3-10(13(14,15)16)5-11(4-9)22(2,20)21;/h3-5,8H,6-7H2,1-2H3,(H2,17,18,19);1H. The Morgan fingerprint density at radius 2 is 2.00 bits per heavy atom. The van der Waals surface area contributed by atoms with Crippen molar-refractivity contribution in [3.8, 4) is 0 Å². The van der Waals surface area contributed by atoms with Gasteiger partial charge in [0, 0.05) is 18.8 Å². The summed E-state index contributed by atoms with van der Waals surface area (Å²) in [6, 6.07) is 2.97. The first-order valence-corrected chi connectivity index (χ1v) is 8.41. The Balaban J connectivity index is 0.00000264. The van der Waals surface area contributed by atoms with Crippen LogP contribution in [-0.4, -0.2) is 33.2 Å². The number of benzene rings is 1. The van der Waals surface area contributed by atoms with Crippen LogP contribution >= 0.6 is 24.0 Å². The molecular formula is C13H17F3IN3O2S. The molecule has 1 atom stereocenters. The van der Waals surface area contributed by atoms with E-state index in [1.807, 2.05) is 6.92 Å². The predicted octanol–water partition coefficient (Wildman–Crippen LogP) is 2.16. The number of nitrogens with one attached hydrogen (secondary N) is 2. The van der Waals surface area contributed by atoms with Crippen molar-refractivity contribution in [1.82, 2.24) is 10.6 Å². The van der Waals surface area contributed by atoms with Gasteiger partial charge in [-0.1, -0.05) is 0 Å². The molecule has 0 aromatic heterocycles. The fourth-order valence-corrected chi connectivity index (χ4v) is 2.69. The van der Waals surface area contributed by atoms with Gasteiger partial charge >= 0.3 is 6.18 Å². The van der Waals surface area contributed by atoms with Crippen molar-refractivity contribution >= 4 is 39.8 Å². The summed E-state index contributed by atoms with van der Waals surface area (Å²) in [6.45, 7) is 2.55. The third-order valence-corrected chi connectivity index (χ3v) is 4.18. The van der Waals surface area contributed by atoms with E-state index in [9.17, 15) is 21.6 Å². The number of hydrogen-bond acceptors (Lipinski definition) is 5. The van der Waals surface area contributed by atoms with E-state index in [4.69, 9.17) is 0 Å². The molecule has 0 aliphatic carbocycles. The number of aliphatic imine (C=N–C) groups is 1. The molecule has 0 fully saturated rings. The average Bonchev–Trinajstić information content (AvgIpc) is 2.80. The molecule has 2 rings (SSSR count). The Morgan fingerprint density at radius 3 is 2.48 bits per heavy atom. The molecule has 0 radical (unpaired) electrons. The molecule has 1 heterocycles. The smallest absolute Gasteiger partial charge is 0.352 e. The fraction of sp³-hybridized carbons (Fsp3) is 0.462. The molecule has 1 aromatic carbocycles. The van der Waals surface area contributed by atoms with Crippen LogP contribution in [0.25, 0.3) is 0 Å². The van der Waals surface area contributed by atoms with Crippen molar-refractivity contribution in [3.63, 3.8) is 0 Å². The second-order valence-electron chi connectivity index (χ2n) is 5.22. The van der Waals surface area contributed by atoms with Crippen LogP contribution in [0, 0.1) is 0 Å². The Hall–Kier alpha value is -1.04. The first-order chi connectivity index (χ1) is 10.1. The molecular weight excluding hydrogens is 446 g/mol. The number of sulfone groups is 1. The number of nitrogens with zero attached hydrogens (tertiary/aromatic N) is 1. The van der Waals surface area contributed by atoms with Gasteiger partial charge in [-0.25, -0.2) is 8.42 Å². The van der Waals surface area contributed by atoms with Gasteiger partial charge in [-0.05, 0) is 30.7 Å². The molecule has 1 aliphatic heterocycles. The molecule has 130 valence electrons. The van der Waals surface area contributed by atoms with Crippen LogP contribution in [-0.2, 0) is 22.6 Å². The van der Waals surface area contributed by atoms with Gasteiger partial charge < -0.3 is 10.6 Å². The molecule has 1 aromatic rings. The minimum absolute atomic E-state index is 0. The molecule has 0 bridgehead atoms. The molecule has 1 aliphatic rings. The third-order valence-electron chi connectivity index (χ3n) is 3.09. The van der Waals surface area contributed by atoms with Crippen molar-refractivity contribution in [3.05, 3.63) is 29.3 Å². The lowest BCUT2D eigenvalue weighted by molar-refractivity contribution is -0.137. The minimum atomic E-state index is -4.60. The first-order valence-electron chi connectivity index (χ1n) is 6.52. The third kappa shape index (κ3) is 5.52. The zero-order valence-corrected chi connectivity index (χ0v) is 15.6. The van der Waals surface area contributed by atoms with E-state index in [0.29, 0.717) is 18.6 Å². The number of halogens is 4. The molecule has 1 unspecified atom stereocenters. The van der Waals surface area contributed by atoms with Crippen LogP contribution in [0.2, 0.25) is 0 Å². The molecule has 10 heteroatoms. The lowest BCUT2D eigenvalue weighted by Gasteiger charge is -2.13. The number of rotatable bonds is 3. The highest BCUT2D eigenvalue weighted by atomic mass is 127. The Labute approximate surface area is 149 Å². The van der Waals surface area contributed by atoms with Crippen LogP contribution in [0.4, 0.5) is 13.2 Å². The van der Waals surface area contributed by atoms with Gasteiger partial charge in [0.05, 0.1) is 17.0 Å². The summed E-state index contributed by atoms with van der Waals surface area (Å²) in [5.74, 6) is 0.491.